The van der Waals surface area contributed by atoms with E-state index in [-0.39, 0.29) is 18.2 Å². The van der Waals surface area contributed by atoms with Gasteiger partial charge in [-0.15, -0.1) is 11.3 Å². The Morgan fingerprint density at radius 2 is 1.96 bits per heavy atom. The van der Waals surface area contributed by atoms with Gasteiger partial charge in [0.25, 0.3) is 5.91 Å². The molecule has 124 valence electrons. The van der Waals surface area contributed by atoms with Crippen molar-refractivity contribution in [2.45, 2.75) is 20.3 Å². The predicted octanol–water partition coefficient (Wildman–Crippen LogP) is 3.88. The summed E-state index contributed by atoms with van der Waals surface area (Å²) in [4.78, 5) is 24.5. The minimum atomic E-state index is -0.345. The molecule has 0 saturated carbocycles. The van der Waals surface area contributed by atoms with Crippen LogP contribution in [-0.4, -0.2) is 11.8 Å². The van der Waals surface area contributed by atoms with Gasteiger partial charge in [0, 0.05) is 10.9 Å². The van der Waals surface area contributed by atoms with Gasteiger partial charge in [-0.1, -0.05) is 12.1 Å². The highest BCUT2D eigenvalue weighted by atomic mass is 79.9. The molecule has 0 aliphatic rings. The number of hydrazine groups is 1. The van der Waals surface area contributed by atoms with Crippen LogP contribution >= 0.6 is 27.3 Å². The van der Waals surface area contributed by atoms with Crippen LogP contribution in [0.2, 0.25) is 0 Å². The first-order chi connectivity index (χ1) is 11.5. The topological polar surface area (TPSA) is 71.3 Å². The summed E-state index contributed by atoms with van der Waals surface area (Å²) in [6.07, 6.45) is 1.72. The number of hydrogen-bond acceptors (Lipinski definition) is 4. The number of rotatable bonds is 3. The molecule has 2 N–H and O–H groups in total. The Morgan fingerprint density at radius 1 is 1.17 bits per heavy atom. The van der Waals surface area contributed by atoms with Crippen molar-refractivity contribution in [3.63, 3.8) is 0 Å². The normalized spacial score (nSPS) is 10.8. The number of aryl methyl sites for hydroxylation is 2. The lowest BCUT2D eigenvalue weighted by molar-refractivity contribution is -0.121. The van der Waals surface area contributed by atoms with Gasteiger partial charge in [0.05, 0.1) is 21.3 Å². The molecule has 3 aromatic rings. The van der Waals surface area contributed by atoms with E-state index in [0.29, 0.717) is 4.88 Å². The maximum Gasteiger partial charge on any atom is 0.279 e. The molecule has 0 aliphatic carbocycles. The van der Waals surface area contributed by atoms with E-state index >= 15 is 0 Å². The minimum absolute atomic E-state index is 0.129. The fourth-order valence-corrected chi connectivity index (χ4v) is 3.65. The average Bonchev–Trinajstić information content (AvgIpc) is 3.16. The van der Waals surface area contributed by atoms with Gasteiger partial charge in [0.15, 0.2) is 0 Å². The Hall–Kier alpha value is -2.12. The highest BCUT2D eigenvalue weighted by Crippen LogP contribution is 2.26. The summed E-state index contributed by atoms with van der Waals surface area (Å²) < 4.78 is 6.44. The van der Waals surface area contributed by atoms with Crippen LogP contribution in [0.3, 0.4) is 0 Å². The van der Waals surface area contributed by atoms with E-state index in [1.54, 1.807) is 18.4 Å². The zero-order valence-electron chi connectivity index (χ0n) is 13.1. The van der Waals surface area contributed by atoms with E-state index in [9.17, 15) is 9.59 Å². The van der Waals surface area contributed by atoms with Crippen LogP contribution in [-0.2, 0) is 11.2 Å². The molecule has 0 fully saturated rings. The van der Waals surface area contributed by atoms with Gasteiger partial charge >= 0.3 is 0 Å². The van der Waals surface area contributed by atoms with Crippen molar-refractivity contribution in [3.8, 4) is 0 Å². The van der Waals surface area contributed by atoms with Crippen molar-refractivity contribution in [1.82, 2.24) is 10.9 Å². The number of carbonyl (C=O) groups is 2. The smallest absolute Gasteiger partial charge is 0.279 e. The van der Waals surface area contributed by atoms with Crippen LogP contribution < -0.4 is 10.9 Å². The van der Waals surface area contributed by atoms with Crippen molar-refractivity contribution in [3.05, 3.63) is 55.9 Å². The molecular formula is C17H15BrN2O3S. The summed E-state index contributed by atoms with van der Waals surface area (Å²) in [5, 5.41) is 0.918. The number of amides is 2. The monoisotopic (exact) mass is 406 g/mol. The number of halogens is 1. The van der Waals surface area contributed by atoms with Crippen molar-refractivity contribution >= 4 is 50.1 Å². The van der Waals surface area contributed by atoms with E-state index < -0.39 is 0 Å². The molecule has 0 bridgehead atoms. The number of thiophene rings is 1. The number of fused-ring (bicyclic) bond motifs is 1. The van der Waals surface area contributed by atoms with Gasteiger partial charge in [-0.2, -0.15) is 0 Å². The molecule has 2 heterocycles. The largest absolute Gasteiger partial charge is 0.464 e. The van der Waals surface area contributed by atoms with Crippen molar-refractivity contribution in [1.29, 1.82) is 0 Å². The molecule has 0 aliphatic heterocycles. The predicted molar refractivity (Wildman–Crippen MR) is 97.0 cm³/mol. The molecule has 0 radical (unpaired) electrons. The summed E-state index contributed by atoms with van der Waals surface area (Å²) in [5.41, 5.74) is 8.64. The molecule has 3 rings (SSSR count). The second-order valence-corrected chi connectivity index (χ2v) is 7.89. The standard InChI is InChI=1S/C17H15BrN2O3S/c1-9-3-4-12-11(8-23-16(12)10(9)2)7-15(21)19-20-17(22)13-5-6-14(18)24-13/h3-6,8H,7H2,1-2H3,(H,19,21)(H,20,22). The first-order valence-corrected chi connectivity index (χ1v) is 8.87. The van der Waals surface area contributed by atoms with Crippen molar-refractivity contribution < 1.29 is 14.0 Å². The van der Waals surface area contributed by atoms with Crippen LogP contribution in [0, 0.1) is 13.8 Å². The van der Waals surface area contributed by atoms with Gasteiger partial charge in [-0.3, -0.25) is 20.4 Å². The Kier molecular flexibility index (Phi) is 4.73. The zero-order chi connectivity index (χ0) is 17.3. The van der Waals surface area contributed by atoms with Crippen LogP contribution in [0.25, 0.3) is 11.0 Å². The van der Waals surface area contributed by atoms with Gasteiger partial charge in [0.2, 0.25) is 5.91 Å². The fourth-order valence-electron chi connectivity index (χ4n) is 2.37. The molecule has 0 saturated heterocycles. The lowest BCUT2D eigenvalue weighted by Gasteiger charge is -2.06. The maximum absolute atomic E-state index is 12.1. The van der Waals surface area contributed by atoms with Crippen LogP contribution in [0.1, 0.15) is 26.4 Å². The van der Waals surface area contributed by atoms with E-state index in [4.69, 9.17) is 4.42 Å². The summed E-state index contributed by atoms with van der Waals surface area (Å²) in [5.74, 6) is -0.650. The molecule has 0 spiro atoms. The summed E-state index contributed by atoms with van der Waals surface area (Å²) >= 11 is 4.59. The quantitative estimate of drug-likeness (QED) is 0.648. The second-order valence-electron chi connectivity index (χ2n) is 5.43. The summed E-state index contributed by atoms with van der Waals surface area (Å²) in [7, 11) is 0. The first kappa shape index (κ1) is 16.7. The second kappa shape index (κ2) is 6.78. The minimum Gasteiger partial charge on any atom is -0.464 e. The molecule has 2 amide bonds. The lowest BCUT2D eigenvalue weighted by Crippen LogP contribution is -2.42. The molecule has 0 atom stereocenters. The third kappa shape index (κ3) is 3.37. The van der Waals surface area contributed by atoms with E-state index in [0.717, 1.165) is 31.4 Å². The van der Waals surface area contributed by atoms with E-state index in [1.165, 1.54) is 11.3 Å². The molecule has 0 unspecified atom stereocenters. The lowest BCUT2D eigenvalue weighted by atomic mass is 10.0. The van der Waals surface area contributed by atoms with Crippen molar-refractivity contribution in [2.24, 2.45) is 0 Å². The molecule has 24 heavy (non-hydrogen) atoms. The molecule has 2 aromatic heterocycles. The Morgan fingerprint density at radius 3 is 2.67 bits per heavy atom. The number of hydrogen-bond donors (Lipinski definition) is 2. The molecule has 7 heteroatoms. The van der Waals surface area contributed by atoms with Gasteiger partial charge in [0.1, 0.15) is 5.58 Å². The van der Waals surface area contributed by atoms with Gasteiger partial charge in [-0.25, -0.2) is 0 Å². The SMILES string of the molecule is Cc1ccc2c(CC(=O)NNC(=O)c3ccc(Br)s3)coc2c1C. The van der Waals surface area contributed by atoms with Gasteiger partial charge < -0.3 is 4.42 Å². The number of carbonyl (C=O) groups excluding carboxylic acids is 2. The first-order valence-electron chi connectivity index (χ1n) is 7.26. The Balaban J connectivity index is 1.65. The highest BCUT2D eigenvalue weighted by molar-refractivity contribution is 9.11. The zero-order valence-corrected chi connectivity index (χ0v) is 15.5. The molecule has 5 nitrogen and oxygen atoms in total. The third-order valence-corrected chi connectivity index (χ3v) is 5.43. The highest BCUT2D eigenvalue weighted by Gasteiger charge is 2.14. The number of benzene rings is 1. The number of furan rings is 1. The average molecular weight is 407 g/mol. The maximum atomic E-state index is 12.1. The van der Waals surface area contributed by atoms with Crippen LogP contribution in [0.4, 0.5) is 0 Å². The third-order valence-electron chi connectivity index (χ3n) is 3.81. The van der Waals surface area contributed by atoms with Crippen LogP contribution in [0.15, 0.2) is 38.7 Å². The van der Waals surface area contributed by atoms with Crippen molar-refractivity contribution in [2.75, 3.05) is 0 Å². The summed E-state index contributed by atoms with van der Waals surface area (Å²) in [6.45, 7) is 4.01. The fraction of sp³-hybridized carbons (Fsp3) is 0.176. The summed E-state index contributed by atoms with van der Waals surface area (Å²) in [6, 6.07) is 7.42. The Bertz CT molecular complexity index is 929. The van der Waals surface area contributed by atoms with E-state index in [2.05, 4.69) is 26.8 Å². The number of nitrogens with one attached hydrogen (secondary N) is 2. The molecule has 1 aromatic carbocycles. The molecular weight excluding hydrogens is 392 g/mol. The van der Waals surface area contributed by atoms with Crippen LogP contribution in [0.5, 0.6) is 0 Å². The van der Waals surface area contributed by atoms with E-state index in [1.807, 2.05) is 26.0 Å². The Labute approximate surface area is 151 Å². The van der Waals surface area contributed by atoms with Gasteiger partial charge in [-0.05, 0) is 53.0 Å².